The number of hydrogen-bond acceptors (Lipinski definition) is 8. The van der Waals surface area contributed by atoms with Crippen LogP contribution in [0.4, 0.5) is 14.6 Å². The number of halogens is 2. The van der Waals surface area contributed by atoms with E-state index in [9.17, 15) is 5.11 Å². The molecule has 3 aromatic carbocycles. The van der Waals surface area contributed by atoms with Gasteiger partial charge in [0.15, 0.2) is 5.82 Å². The minimum Gasteiger partial charge on any atom is -0.508 e. The van der Waals surface area contributed by atoms with Gasteiger partial charge in [0.05, 0.1) is 24.4 Å². The monoisotopic (exact) mass is 693 g/mol. The Morgan fingerprint density at radius 3 is 2.45 bits per heavy atom. The molecule has 0 radical (unpaired) electrons. The van der Waals surface area contributed by atoms with Crippen molar-refractivity contribution in [2.75, 3.05) is 50.8 Å². The van der Waals surface area contributed by atoms with Gasteiger partial charge in [-0.05, 0) is 91.6 Å². The number of likely N-dealkylation sites (tertiary alicyclic amines) is 1. The fraction of sp³-hybridized carbons (Fsp3) is 0.512. The maximum Gasteiger partial charge on any atom is 0.319 e. The molecule has 1 aromatic heterocycles. The number of piperazine rings is 1. The van der Waals surface area contributed by atoms with Gasteiger partial charge in [-0.3, -0.25) is 0 Å². The van der Waals surface area contributed by atoms with Gasteiger partial charge >= 0.3 is 6.01 Å². The van der Waals surface area contributed by atoms with Crippen molar-refractivity contribution in [3.05, 3.63) is 53.1 Å². The summed E-state index contributed by atoms with van der Waals surface area (Å²) in [6, 6.07) is 8.65. The lowest BCUT2D eigenvalue weighted by atomic mass is 9.84. The molecule has 5 aliphatic rings. The molecule has 8 nitrogen and oxygen atoms in total. The van der Waals surface area contributed by atoms with Crippen LogP contribution in [0.5, 0.6) is 11.8 Å². The molecule has 1 aliphatic carbocycles. The quantitative estimate of drug-likeness (QED) is 0.193. The molecular formula is C41H45F2N5O3. The molecule has 10 heteroatoms. The minimum atomic E-state index is -0.577. The summed E-state index contributed by atoms with van der Waals surface area (Å²) in [5, 5.41) is 16.0. The number of phenolic OH excluding ortho intramolecular Hbond substituents is 1. The van der Waals surface area contributed by atoms with Gasteiger partial charge < -0.3 is 29.7 Å². The second kappa shape index (κ2) is 12.3. The fourth-order valence-electron chi connectivity index (χ4n) is 9.10. The number of nitrogens with one attached hydrogen (secondary N) is 1. The van der Waals surface area contributed by atoms with Crippen molar-refractivity contribution in [1.29, 1.82) is 0 Å². The van der Waals surface area contributed by atoms with Crippen LogP contribution in [-0.2, 0) is 4.74 Å². The van der Waals surface area contributed by atoms with Crippen LogP contribution in [0.2, 0.25) is 0 Å². The van der Waals surface area contributed by atoms with E-state index < -0.39 is 11.6 Å². The largest absolute Gasteiger partial charge is 0.508 e. The Morgan fingerprint density at radius 1 is 1.06 bits per heavy atom. The number of aromatic hydroxyl groups is 1. The molecule has 9 rings (SSSR count). The van der Waals surface area contributed by atoms with E-state index in [0.29, 0.717) is 51.8 Å². The first kappa shape index (κ1) is 32.8. The SMILES string of the molecule is C#Cc1c(F)ccc2cc(O)cc(-c3c(C(C)C)cc4c(N5CC6CCC(C5)N6)nc(OCC5(CN6CCC7(CCO7)CC6)CC5)nc4c3F)c12. The topological polar surface area (TPSA) is 83.0 Å². The van der Waals surface area contributed by atoms with E-state index in [-0.39, 0.29) is 45.3 Å². The molecule has 1 spiro atoms. The number of nitrogens with zero attached hydrogens (tertiary/aromatic N) is 4. The zero-order valence-corrected chi connectivity index (χ0v) is 29.4. The van der Waals surface area contributed by atoms with Crippen LogP contribution in [0, 0.1) is 29.4 Å². The third kappa shape index (κ3) is 5.78. The highest BCUT2D eigenvalue weighted by atomic mass is 19.1. The second-order valence-corrected chi connectivity index (χ2v) is 16.1. The number of hydrogen-bond donors (Lipinski definition) is 2. The van der Waals surface area contributed by atoms with Crippen LogP contribution in [0.25, 0.3) is 32.8 Å². The smallest absolute Gasteiger partial charge is 0.319 e. The molecule has 1 saturated carbocycles. The number of rotatable bonds is 8. The number of fused-ring (bicyclic) bond motifs is 4. The van der Waals surface area contributed by atoms with Gasteiger partial charge in [-0.15, -0.1) is 6.42 Å². The van der Waals surface area contributed by atoms with E-state index in [1.54, 1.807) is 6.07 Å². The van der Waals surface area contributed by atoms with E-state index in [1.807, 2.05) is 19.9 Å². The number of benzene rings is 3. The first-order chi connectivity index (χ1) is 24.6. The number of piperidine rings is 1. The predicted octanol–water partition coefficient (Wildman–Crippen LogP) is 6.89. The molecule has 0 amide bonds. The number of terminal acetylenes is 1. The first-order valence-corrected chi connectivity index (χ1v) is 18.6. The van der Waals surface area contributed by atoms with Crippen LogP contribution in [-0.4, -0.2) is 83.6 Å². The molecule has 2 N–H and O–H groups in total. The molecule has 266 valence electrons. The predicted molar refractivity (Wildman–Crippen MR) is 194 cm³/mol. The summed E-state index contributed by atoms with van der Waals surface area (Å²) in [7, 11) is 0. The number of ether oxygens (including phenoxy) is 2. The third-order valence-electron chi connectivity index (χ3n) is 12.3. The highest BCUT2D eigenvalue weighted by Crippen LogP contribution is 2.49. The lowest BCUT2D eigenvalue weighted by molar-refractivity contribution is -0.173. The molecule has 5 heterocycles. The van der Waals surface area contributed by atoms with Crippen LogP contribution in [0.3, 0.4) is 0 Å². The number of anilines is 1. The lowest BCUT2D eigenvalue weighted by Crippen LogP contribution is -2.53. The second-order valence-electron chi connectivity index (χ2n) is 16.1. The van der Waals surface area contributed by atoms with Crippen molar-refractivity contribution in [2.45, 2.75) is 82.4 Å². The molecule has 2 atom stereocenters. The first-order valence-electron chi connectivity index (χ1n) is 18.6. The van der Waals surface area contributed by atoms with Crippen LogP contribution < -0.4 is 15.0 Å². The summed E-state index contributed by atoms with van der Waals surface area (Å²) in [6.07, 6.45) is 13.5. The van der Waals surface area contributed by atoms with Crippen LogP contribution >= 0.6 is 0 Å². The van der Waals surface area contributed by atoms with Gasteiger partial charge in [0.25, 0.3) is 0 Å². The van der Waals surface area contributed by atoms with E-state index in [2.05, 4.69) is 21.0 Å². The van der Waals surface area contributed by atoms with Gasteiger partial charge in [0.1, 0.15) is 22.9 Å². The Bertz CT molecular complexity index is 2070. The van der Waals surface area contributed by atoms with Gasteiger partial charge in [-0.2, -0.15) is 9.97 Å². The minimum absolute atomic E-state index is 0.0268. The molecule has 2 unspecified atom stereocenters. The summed E-state index contributed by atoms with van der Waals surface area (Å²) in [5.74, 6) is 1.81. The maximum absolute atomic E-state index is 17.5. The average molecular weight is 694 g/mol. The van der Waals surface area contributed by atoms with Crippen molar-refractivity contribution < 1.29 is 23.4 Å². The number of phenols is 1. The van der Waals surface area contributed by atoms with Crippen LogP contribution in [0.15, 0.2) is 30.3 Å². The summed E-state index contributed by atoms with van der Waals surface area (Å²) in [4.78, 5) is 14.6. The van der Waals surface area contributed by atoms with E-state index in [4.69, 9.17) is 25.9 Å². The standard InChI is InChI=1S/C41H45F2N5O3/c1-4-29-33(42)8-5-25-17-28(49)18-31(34(25)29)35-30(24(2)3)19-32-37(36(35)43)45-39(46-38(32)48-20-26-6-7-27(21-48)44-26)50-23-40(9-10-40)22-47-14-11-41(12-15-47)13-16-51-41/h1,5,8,17-19,24,26-27,44,49H,6-7,9-16,20-23H2,2-3H3. The van der Waals surface area contributed by atoms with Crippen molar-refractivity contribution >= 4 is 27.5 Å². The molecule has 2 bridgehead atoms. The van der Waals surface area contributed by atoms with E-state index in [0.717, 1.165) is 77.9 Å². The fourth-order valence-corrected chi connectivity index (χ4v) is 9.10. The Morgan fingerprint density at radius 2 is 1.80 bits per heavy atom. The average Bonchev–Trinajstić information content (AvgIpc) is 3.79. The van der Waals surface area contributed by atoms with Gasteiger partial charge in [-0.25, -0.2) is 8.78 Å². The molecule has 4 aromatic rings. The summed E-state index contributed by atoms with van der Waals surface area (Å²) in [5.41, 5.74) is 1.58. The Hall–Kier alpha value is -4.04. The summed E-state index contributed by atoms with van der Waals surface area (Å²) >= 11 is 0. The molecule has 4 aliphatic heterocycles. The van der Waals surface area contributed by atoms with Gasteiger partial charge in [0.2, 0.25) is 0 Å². The van der Waals surface area contributed by atoms with Gasteiger partial charge in [0, 0.05) is 66.6 Å². The van der Waals surface area contributed by atoms with Crippen molar-refractivity contribution in [3.8, 4) is 35.2 Å². The van der Waals surface area contributed by atoms with E-state index in [1.165, 1.54) is 24.6 Å². The normalized spacial score (nSPS) is 23.6. The summed E-state index contributed by atoms with van der Waals surface area (Å²) < 4.78 is 45.1. The summed E-state index contributed by atoms with van der Waals surface area (Å²) in [6.45, 7) is 9.88. The molecule has 4 saturated heterocycles. The zero-order chi connectivity index (χ0) is 35.1. The van der Waals surface area contributed by atoms with E-state index >= 15 is 8.78 Å². The highest BCUT2D eigenvalue weighted by Gasteiger charge is 2.48. The highest BCUT2D eigenvalue weighted by molar-refractivity contribution is 6.05. The van der Waals surface area contributed by atoms with Crippen molar-refractivity contribution in [2.24, 2.45) is 5.41 Å². The Kier molecular flexibility index (Phi) is 7.91. The third-order valence-corrected chi connectivity index (χ3v) is 12.3. The van der Waals surface area contributed by atoms with Crippen LogP contribution in [0.1, 0.15) is 75.8 Å². The Labute approximate surface area is 297 Å². The molecular weight excluding hydrogens is 648 g/mol. The molecule has 51 heavy (non-hydrogen) atoms. The number of aromatic nitrogens is 2. The lowest BCUT2D eigenvalue weighted by Gasteiger charge is -2.48. The van der Waals surface area contributed by atoms with Crippen molar-refractivity contribution in [3.63, 3.8) is 0 Å². The van der Waals surface area contributed by atoms with Crippen molar-refractivity contribution in [1.82, 2.24) is 20.2 Å². The zero-order valence-electron chi connectivity index (χ0n) is 29.4. The van der Waals surface area contributed by atoms with Gasteiger partial charge in [-0.1, -0.05) is 25.8 Å². The maximum atomic E-state index is 17.5. The Balaban J connectivity index is 1.14. The molecule has 5 fully saturated rings.